The maximum Gasteiger partial charge on any atom is 0.191 e. The molecule has 1 aliphatic heterocycles. The molecule has 0 aliphatic carbocycles. The van der Waals surface area contributed by atoms with Gasteiger partial charge in [-0.1, -0.05) is 13.8 Å². The number of anilines is 1. The van der Waals surface area contributed by atoms with Crippen molar-refractivity contribution in [1.82, 2.24) is 10.6 Å². The summed E-state index contributed by atoms with van der Waals surface area (Å²) in [5.74, 6) is 3.33. The fraction of sp³-hybridized carbons (Fsp3) is 0.667. The number of benzene rings is 1. The lowest BCUT2D eigenvalue weighted by Crippen LogP contribution is -2.48. The molecule has 0 spiro atoms. The van der Waals surface area contributed by atoms with Crippen molar-refractivity contribution in [2.24, 2.45) is 10.9 Å². The van der Waals surface area contributed by atoms with Gasteiger partial charge in [-0.3, -0.25) is 4.99 Å². The lowest BCUT2D eigenvalue weighted by molar-refractivity contribution is 0.393. The smallest absolute Gasteiger partial charge is 0.191 e. The summed E-state index contributed by atoms with van der Waals surface area (Å²) in [4.78, 5) is 6.76. The summed E-state index contributed by atoms with van der Waals surface area (Å²) in [5.41, 5.74) is 1.15. The number of ether oxygens (including phenoxy) is 2. The van der Waals surface area contributed by atoms with Crippen molar-refractivity contribution in [2.45, 2.75) is 45.6 Å². The van der Waals surface area contributed by atoms with Crippen LogP contribution in [0, 0.1) is 5.92 Å². The highest BCUT2D eigenvalue weighted by Crippen LogP contribution is 2.30. The third-order valence-corrected chi connectivity index (χ3v) is 5.01. The molecule has 0 saturated carbocycles. The molecule has 0 bridgehead atoms. The fourth-order valence-corrected chi connectivity index (χ4v) is 3.36. The zero-order chi connectivity index (χ0) is 19.6. The van der Waals surface area contributed by atoms with Gasteiger partial charge < -0.3 is 25.0 Å². The average molecular weight is 504 g/mol. The molecule has 1 aliphatic rings. The van der Waals surface area contributed by atoms with Crippen molar-refractivity contribution in [3.63, 3.8) is 0 Å². The van der Waals surface area contributed by atoms with Gasteiger partial charge in [-0.2, -0.15) is 0 Å². The molecule has 2 rings (SSSR count). The highest BCUT2D eigenvalue weighted by Gasteiger charge is 2.21. The van der Waals surface area contributed by atoms with Crippen LogP contribution in [0.3, 0.4) is 0 Å². The highest BCUT2D eigenvalue weighted by atomic mass is 127. The third-order valence-electron chi connectivity index (χ3n) is 5.01. The molecule has 0 atom stereocenters. The molecule has 1 heterocycles. The second-order valence-electron chi connectivity index (χ2n) is 7.51. The van der Waals surface area contributed by atoms with Gasteiger partial charge in [0, 0.05) is 56.6 Å². The number of guanidine groups is 1. The number of piperidine rings is 1. The van der Waals surface area contributed by atoms with Gasteiger partial charge in [0.15, 0.2) is 5.96 Å². The summed E-state index contributed by atoms with van der Waals surface area (Å²) in [6, 6.07) is 6.51. The van der Waals surface area contributed by atoms with Crippen LogP contribution >= 0.6 is 24.0 Å². The van der Waals surface area contributed by atoms with Crippen LogP contribution in [0.2, 0.25) is 0 Å². The first-order chi connectivity index (χ1) is 13.0. The number of methoxy groups -OCH3 is 2. The molecule has 6 nitrogen and oxygen atoms in total. The zero-order valence-corrected chi connectivity index (χ0v) is 20.3. The zero-order valence-electron chi connectivity index (χ0n) is 18.0. The van der Waals surface area contributed by atoms with Crippen LogP contribution in [0.25, 0.3) is 0 Å². The van der Waals surface area contributed by atoms with Gasteiger partial charge in [0.2, 0.25) is 0 Å². The van der Waals surface area contributed by atoms with Crippen LogP contribution < -0.4 is 25.0 Å². The number of nitrogens with one attached hydrogen (secondary N) is 2. The lowest BCUT2D eigenvalue weighted by atomic mass is 10.0. The third kappa shape index (κ3) is 7.93. The summed E-state index contributed by atoms with van der Waals surface area (Å²) < 4.78 is 10.8. The number of hydrogen-bond donors (Lipinski definition) is 2. The van der Waals surface area contributed by atoms with Crippen molar-refractivity contribution >= 4 is 35.6 Å². The van der Waals surface area contributed by atoms with E-state index in [1.165, 1.54) is 12.8 Å². The molecule has 160 valence electrons. The molecule has 1 aromatic rings. The Balaban J connectivity index is 0.00000392. The minimum absolute atomic E-state index is 0. The van der Waals surface area contributed by atoms with E-state index in [9.17, 15) is 0 Å². The quantitative estimate of drug-likeness (QED) is 0.244. The highest BCUT2D eigenvalue weighted by molar-refractivity contribution is 14.0. The van der Waals surface area contributed by atoms with Crippen molar-refractivity contribution in [1.29, 1.82) is 0 Å². The van der Waals surface area contributed by atoms with E-state index >= 15 is 0 Å². The summed E-state index contributed by atoms with van der Waals surface area (Å²) in [5, 5.41) is 7.01. The predicted octanol–water partition coefficient (Wildman–Crippen LogP) is 3.89. The van der Waals surface area contributed by atoms with E-state index in [2.05, 4.69) is 46.5 Å². The van der Waals surface area contributed by atoms with Crippen LogP contribution in [0.5, 0.6) is 11.5 Å². The van der Waals surface area contributed by atoms with E-state index in [1.807, 2.05) is 13.1 Å². The molecule has 28 heavy (non-hydrogen) atoms. The van der Waals surface area contributed by atoms with Crippen LogP contribution in [0.1, 0.15) is 39.5 Å². The standard InChI is InChI=1S/C21H36N4O2.HI/c1-16(2)7-6-10-23-21(22-3)24-17-8-11-25(12-9-17)18-13-19(26-4)15-20(14-18)27-5;/h13-17H,6-12H2,1-5H3,(H2,22,23,24);1H. The summed E-state index contributed by atoms with van der Waals surface area (Å²) in [6.45, 7) is 7.49. The average Bonchev–Trinajstić information content (AvgIpc) is 2.70. The van der Waals surface area contributed by atoms with E-state index in [1.54, 1.807) is 14.2 Å². The van der Waals surface area contributed by atoms with E-state index in [0.717, 1.165) is 61.5 Å². The molecule has 7 heteroatoms. The summed E-state index contributed by atoms with van der Waals surface area (Å²) >= 11 is 0. The number of nitrogens with zero attached hydrogens (tertiary/aromatic N) is 2. The fourth-order valence-electron chi connectivity index (χ4n) is 3.36. The van der Waals surface area contributed by atoms with Crippen LogP contribution in [0.4, 0.5) is 5.69 Å². The molecule has 0 amide bonds. The maximum absolute atomic E-state index is 5.39. The molecule has 0 aromatic heterocycles. The maximum atomic E-state index is 5.39. The number of hydrogen-bond acceptors (Lipinski definition) is 4. The van der Waals surface area contributed by atoms with Gasteiger partial charge in [0.1, 0.15) is 11.5 Å². The molecule has 0 unspecified atom stereocenters. The Kier molecular flexibility index (Phi) is 11.4. The second kappa shape index (κ2) is 13.0. The van der Waals surface area contributed by atoms with Crippen molar-refractivity contribution in [3.8, 4) is 11.5 Å². The largest absolute Gasteiger partial charge is 0.497 e. The van der Waals surface area contributed by atoms with Gasteiger partial charge in [-0.05, 0) is 31.6 Å². The summed E-state index contributed by atoms with van der Waals surface area (Å²) in [7, 11) is 5.22. The van der Waals surface area contributed by atoms with Gasteiger partial charge in [0.25, 0.3) is 0 Å². The van der Waals surface area contributed by atoms with Crippen molar-refractivity contribution < 1.29 is 9.47 Å². The van der Waals surface area contributed by atoms with Gasteiger partial charge in [-0.25, -0.2) is 0 Å². The Hall–Kier alpha value is -1.38. The molecule has 2 N–H and O–H groups in total. The Bertz CT molecular complexity index is 580. The van der Waals surface area contributed by atoms with Crippen LogP contribution in [0.15, 0.2) is 23.2 Å². The molecule has 1 fully saturated rings. The van der Waals surface area contributed by atoms with E-state index in [0.29, 0.717) is 6.04 Å². The predicted molar refractivity (Wildman–Crippen MR) is 129 cm³/mol. The Morgan fingerprint density at radius 2 is 1.75 bits per heavy atom. The van der Waals surface area contributed by atoms with Gasteiger partial charge in [0.05, 0.1) is 14.2 Å². The molecule has 1 aromatic carbocycles. The normalized spacial score (nSPS) is 15.2. The Morgan fingerprint density at radius 3 is 2.25 bits per heavy atom. The Labute approximate surface area is 187 Å². The number of rotatable bonds is 8. The minimum Gasteiger partial charge on any atom is -0.497 e. The van der Waals surface area contributed by atoms with E-state index < -0.39 is 0 Å². The van der Waals surface area contributed by atoms with E-state index in [-0.39, 0.29) is 24.0 Å². The number of aliphatic imine (C=N–C) groups is 1. The molecule has 1 saturated heterocycles. The molecule has 0 radical (unpaired) electrons. The SMILES string of the molecule is CN=C(NCCCC(C)C)NC1CCN(c2cc(OC)cc(OC)c2)CC1.I. The first kappa shape index (κ1) is 24.7. The van der Waals surface area contributed by atoms with Gasteiger partial charge >= 0.3 is 0 Å². The lowest BCUT2D eigenvalue weighted by Gasteiger charge is -2.34. The first-order valence-corrected chi connectivity index (χ1v) is 10.0. The second-order valence-corrected chi connectivity index (χ2v) is 7.51. The monoisotopic (exact) mass is 504 g/mol. The summed E-state index contributed by atoms with van der Waals surface area (Å²) in [6.07, 6.45) is 4.57. The number of halogens is 1. The molecular weight excluding hydrogens is 467 g/mol. The van der Waals surface area contributed by atoms with Gasteiger partial charge in [-0.15, -0.1) is 24.0 Å². The van der Waals surface area contributed by atoms with Crippen molar-refractivity contribution in [3.05, 3.63) is 18.2 Å². The Morgan fingerprint density at radius 1 is 1.14 bits per heavy atom. The van der Waals surface area contributed by atoms with Crippen LogP contribution in [-0.2, 0) is 0 Å². The van der Waals surface area contributed by atoms with E-state index in [4.69, 9.17) is 9.47 Å². The van der Waals surface area contributed by atoms with Crippen LogP contribution in [-0.4, -0.2) is 52.9 Å². The topological polar surface area (TPSA) is 58.1 Å². The molecular formula is C21H37IN4O2. The minimum atomic E-state index is 0. The first-order valence-electron chi connectivity index (χ1n) is 10.0. The van der Waals surface area contributed by atoms with Crippen molar-refractivity contribution in [2.75, 3.05) is 45.8 Å².